The smallest absolute Gasteiger partial charge is 0.163 e. The Balaban J connectivity index is 1.85. The number of carbonyl (C=O) groups excluding carboxylic acids is 3. The van der Waals surface area contributed by atoms with Crippen molar-refractivity contribution < 1.29 is 14.4 Å². The summed E-state index contributed by atoms with van der Waals surface area (Å²) in [7, 11) is 0. The number of carbonyl (C=O) groups is 3. The highest BCUT2D eigenvalue weighted by Crippen LogP contribution is 2.41. The van der Waals surface area contributed by atoms with Crippen molar-refractivity contribution in [3.05, 3.63) is 57.2 Å². The number of benzene rings is 1. The first kappa shape index (κ1) is 32.2. The van der Waals surface area contributed by atoms with Gasteiger partial charge in [0.05, 0.1) is 6.42 Å². The zero-order valence-electron chi connectivity index (χ0n) is 26.8. The van der Waals surface area contributed by atoms with Crippen LogP contribution in [0.2, 0.25) is 0 Å². The summed E-state index contributed by atoms with van der Waals surface area (Å²) in [5.74, 6) is 1.06. The van der Waals surface area contributed by atoms with Gasteiger partial charge in [-0.2, -0.15) is 0 Å². The van der Waals surface area contributed by atoms with E-state index >= 15 is 0 Å². The molecule has 3 nitrogen and oxygen atoms in total. The molecule has 2 aliphatic carbocycles. The minimum absolute atomic E-state index is 0.0368. The van der Waals surface area contributed by atoms with E-state index in [0.29, 0.717) is 12.3 Å². The Hall–Kier alpha value is -2.29. The Kier molecular flexibility index (Phi) is 10.9. The lowest BCUT2D eigenvalue weighted by molar-refractivity contribution is -0.129. The van der Waals surface area contributed by atoms with Gasteiger partial charge in [0, 0.05) is 17.9 Å². The molecule has 0 spiro atoms. The fraction of sp³-hybridized carbons (Fsp3) is 0.649. The van der Waals surface area contributed by atoms with Gasteiger partial charge >= 0.3 is 0 Å². The Bertz CT molecular complexity index is 1170. The molecule has 0 saturated heterocycles. The summed E-state index contributed by atoms with van der Waals surface area (Å²) in [4.78, 5) is 38.4. The maximum atomic E-state index is 13.8. The van der Waals surface area contributed by atoms with Crippen LogP contribution < -0.4 is 0 Å². The lowest BCUT2D eigenvalue weighted by atomic mass is 9.70. The van der Waals surface area contributed by atoms with Gasteiger partial charge in [0.2, 0.25) is 0 Å². The molecule has 0 saturated carbocycles. The molecule has 3 rings (SSSR count). The van der Waals surface area contributed by atoms with E-state index in [4.69, 9.17) is 0 Å². The van der Waals surface area contributed by atoms with E-state index in [2.05, 4.69) is 73.6 Å². The fourth-order valence-electron chi connectivity index (χ4n) is 7.23. The molecule has 3 unspecified atom stereocenters. The summed E-state index contributed by atoms with van der Waals surface area (Å²) in [5, 5.41) is 0. The van der Waals surface area contributed by atoms with E-state index in [9.17, 15) is 14.4 Å². The molecule has 0 bridgehead atoms. The minimum atomic E-state index is -0.0905. The van der Waals surface area contributed by atoms with Crippen LogP contribution in [0.1, 0.15) is 145 Å². The second-order valence-corrected chi connectivity index (χ2v) is 14.0. The predicted octanol–water partition coefficient (Wildman–Crippen LogP) is 9.48. The van der Waals surface area contributed by atoms with Gasteiger partial charge in [-0.15, -0.1) is 0 Å². The van der Waals surface area contributed by atoms with Gasteiger partial charge in [0.1, 0.15) is 11.6 Å². The van der Waals surface area contributed by atoms with Gasteiger partial charge in [-0.05, 0) is 103 Å². The van der Waals surface area contributed by atoms with Crippen molar-refractivity contribution in [3.63, 3.8) is 0 Å². The lowest BCUT2D eigenvalue weighted by Crippen LogP contribution is -2.30. The van der Waals surface area contributed by atoms with Crippen LogP contribution in [0.4, 0.5) is 0 Å². The molecule has 0 amide bonds. The van der Waals surface area contributed by atoms with Crippen molar-refractivity contribution in [1.82, 2.24) is 0 Å². The van der Waals surface area contributed by atoms with Gasteiger partial charge in [-0.3, -0.25) is 14.4 Å². The van der Waals surface area contributed by atoms with Crippen LogP contribution >= 0.6 is 0 Å². The highest BCUT2D eigenvalue weighted by molar-refractivity contribution is 6.01. The van der Waals surface area contributed by atoms with E-state index < -0.39 is 0 Å². The summed E-state index contributed by atoms with van der Waals surface area (Å²) in [6, 6.07) is 2.40. The average molecular weight is 547 g/mol. The van der Waals surface area contributed by atoms with Crippen molar-refractivity contribution in [2.24, 2.45) is 23.2 Å². The standard InChI is InChI=1S/C37H54O3/c1-10-12-29(31(11-2)34(39)17-24(5)38)18-27-20-33-32(23(3)4)22-28(25(6)36(33)35(40)21-27)15-13-26-14-16-30(19-26)37(7,8)9/h16,19,22-23,27,29,31H,10-15,17-18,20-21H2,1-9H3. The molecule has 0 aliphatic heterocycles. The third kappa shape index (κ3) is 7.71. The van der Waals surface area contributed by atoms with E-state index in [0.717, 1.165) is 56.9 Å². The molecular formula is C37H54O3. The number of hydrogen-bond donors (Lipinski definition) is 0. The minimum Gasteiger partial charge on any atom is -0.300 e. The molecule has 3 atom stereocenters. The molecular weight excluding hydrogens is 492 g/mol. The second kappa shape index (κ2) is 13.6. The van der Waals surface area contributed by atoms with Crippen LogP contribution in [-0.2, 0) is 22.4 Å². The first-order valence-electron chi connectivity index (χ1n) is 15.9. The van der Waals surface area contributed by atoms with Gasteiger partial charge < -0.3 is 0 Å². The van der Waals surface area contributed by atoms with Gasteiger partial charge in [-0.1, -0.05) is 85.1 Å². The number of allylic oxidation sites excluding steroid dienone is 4. The maximum absolute atomic E-state index is 13.8. The third-order valence-corrected chi connectivity index (χ3v) is 9.37. The summed E-state index contributed by atoms with van der Waals surface area (Å²) in [6.07, 6.45) is 13.0. The number of hydrogen-bond acceptors (Lipinski definition) is 3. The van der Waals surface area contributed by atoms with Gasteiger partial charge in [-0.25, -0.2) is 0 Å². The molecule has 0 radical (unpaired) electrons. The Morgan fingerprint density at radius 2 is 1.77 bits per heavy atom. The second-order valence-electron chi connectivity index (χ2n) is 14.0. The fourth-order valence-corrected chi connectivity index (χ4v) is 7.23. The Morgan fingerprint density at radius 3 is 2.33 bits per heavy atom. The zero-order valence-corrected chi connectivity index (χ0v) is 26.8. The molecule has 40 heavy (non-hydrogen) atoms. The third-order valence-electron chi connectivity index (χ3n) is 9.37. The van der Waals surface area contributed by atoms with Crippen molar-refractivity contribution in [1.29, 1.82) is 0 Å². The van der Waals surface area contributed by atoms with Crippen LogP contribution in [0.15, 0.2) is 29.4 Å². The Morgan fingerprint density at radius 1 is 1.07 bits per heavy atom. The molecule has 0 aromatic heterocycles. The van der Waals surface area contributed by atoms with Gasteiger partial charge in [0.25, 0.3) is 0 Å². The quantitative estimate of drug-likeness (QED) is 0.232. The number of aryl methyl sites for hydroxylation is 1. The van der Waals surface area contributed by atoms with E-state index in [1.54, 1.807) is 0 Å². The van der Waals surface area contributed by atoms with Crippen LogP contribution in [0.25, 0.3) is 0 Å². The van der Waals surface area contributed by atoms with Crippen molar-refractivity contribution in [2.75, 3.05) is 0 Å². The Labute approximate surface area is 244 Å². The summed E-state index contributed by atoms with van der Waals surface area (Å²) < 4.78 is 0. The number of rotatable bonds is 13. The topological polar surface area (TPSA) is 51.2 Å². The monoisotopic (exact) mass is 546 g/mol. The largest absolute Gasteiger partial charge is 0.300 e. The molecule has 0 N–H and O–H groups in total. The van der Waals surface area contributed by atoms with Crippen LogP contribution in [0.5, 0.6) is 0 Å². The first-order valence-corrected chi connectivity index (χ1v) is 15.9. The number of fused-ring (bicyclic) bond motifs is 1. The molecule has 0 heterocycles. The average Bonchev–Trinajstić information content (AvgIpc) is 3.33. The normalized spacial score (nSPS) is 18.9. The van der Waals surface area contributed by atoms with Crippen LogP contribution in [-0.4, -0.2) is 17.3 Å². The molecule has 3 heteroatoms. The molecule has 0 fully saturated rings. The molecule has 1 aromatic carbocycles. The van der Waals surface area contributed by atoms with Crippen LogP contribution in [0.3, 0.4) is 0 Å². The molecule has 2 aliphatic rings. The van der Waals surface area contributed by atoms with Crippen molar-refractivity contribution in [3.8, 4) is 0 Å². The van der Waals surface area contributed by atoms with Crippen LogP contribution in [0, 0.1) is 30.1 Å². The maximum Gasteiger partial charge on any atom is 0.163 e. The van der Waals surface area contributed by atoms with E-state index in [1.807, 2.05) is 0 Å². The first-order chi connectivity index (χ1) is 18.8. The highest BCUT2D eigenvalue weighted by atomic mass is 16.1. The summed E-state index contributed by atoms with van der Waals surface area (Å²) in [5.41, 5.74) is 9.18. The number of ketones is 3. The molecule has 1 aromatic rings. The predicted molar refractivity (Wildman–Crippen MR) is 167 cm³/mol. The highest BCUT2D eigenvalue weighted by Gasteiger charge is 2.34. The van der Waals surface area contributed by atoms with Crippen molar-refractivity contribution >= 4 is 17.3 Å². The van der Waals surface area contributed by atoms with Gasteiger partial charge in [0.15, 0.2) is 5.78 Å². The zero-order chi connectivity index (χ0) is 29.8. The lowest BCUT2D eigenvalue weighted by Gasteiger charge is -2.33. The SMILES string of the molecule is CCCC(CC1CC(=O)c2c(C)c(CCC3=CC(C(C)(C)C)=CC3)cc(C(C)C)c2C1)C(CC)C(=O)CC(C)=O. The summed E-state index contributed by atoms with van der Waals surface area (Å²) >= 11 is 0. The van der Waals surface area contributed by atoms with E-state index in [1.165, 1.54) is 40.3 Å². The molecule has 220 valence electrons. The number of Topliss-reactive ketones (excluding diaryl/α,β-unsaturated/α-hetero) is 3. The van der Waals surface area contributed by atoms with E-state index in [-0.39, 0.29) is 46.9 Å². The van der Waals surface area contributed by atoms with Crippen molar-refractivity contribution in [2.45, 2.75) is 132 Å². The summed E-state index contributed by atoms with van der Waals surface area (Å²) in [6.45, 7) is 19.2.